The van der Waals surface area contributed by atoms with E-state index in [2.05, 4.69) is 44.2 Å². The molecule has 0 aliphatic rings. The van der Waals surface area contributed by atoms with Gasteiger partial charge in [-0.1, -0.05) is 53.6 Å². The van der Waals surface area contributed by atoms with E-state index in [9.17, 15) is 5.11 Å². The van der Waals surface area contributed by atoms with Crippen molar-refractivity contribution in [1.29, 1.82) is 0 Å². The average Bonchev–Trinajstić information content (AvgIpc) is 2.41. The lowest BCUT2D eigenvalue weighted by atomic mass is 9.87. The summed E-state index contributed by atoms with van der Waals surface area (Å²) < 4.78 is 0. The maximum atomic E-state index is 10.7. The van der Waals surface area contributed by atoms with Gasteiger partial charge in [-0.05, 0) is 37.5 Å². The van der Waals surface area contributed by atoms with Gasteiger partial charge >= 0.3 is 0 Å². The van der Waals surface area contributed by atoms with Crippen molar-refractivity contribution in [2.24, 2.45) is 5.73 Å². The molecule has 0 bridgehead atoms. The fourth-order valence-electron chi connectivity index (χ4n) is 2.64. The van der Waals surface area contributed by atoms with Crippen LogP contribution in [0.1, 0.15) is 39.8 Å². The van der Waals surface area contributed by atoms with Gasteiger partial charge in [-0.3, -0.25) is 0 Å². The number of rotatable bonds is 4. The standard InChI is InChI=1S/C18H23NO/c1-12-4-7-15(8-5-12)17(11-19)18(20)16-9-6-13(2)10-14(16)3/h4-10,17-18,20H,11,19H2,1-3H3. The molecule has 2 atom stereocenters. The summed E-state index contributed by atoms with van der Waals surface area (Å²) in [6, 6.07) is 14.4. The van der Waals surface area contributed by atoms with E-state index in [0.717, 1.165) is 16.7 Å². The Kier molecular flexibility index (Phi) is 4.58. The molecule has 0 heterocycles. The maximum Gasteiger partial charge on any atom is 0.0873 e. The second kappa shape index (κ2) is 6.21. The summed E-state index contributed by atoms with van der Waals surface area (Å²) in [6.45, 7) is 6.58. The molecule has 3 N–H and O–H groups in total. The topological polar surface area (TPSA) is 46.2 Å². The SMILES string of the molecule is Cc1ccc(C(CN)C(O)c2ccc(C)cc2C)cc1. The van der Waals surface area contributed by atoms with Gasteiger partial charge in [-0.2, -0.15) is 0 Å². The first kappa shape index (κ1) is 14.8. The molecular weight excluding hydrogens is 246 g/mol. The molecule has 0 aliphatic heterocycles. The number of aryl methyl sites for hydroxylation is 3. The van der Waals surface area contributed by atoms with Gasteiger partial charge in [0.25, 0.3) is 0 Å². The minimum absolute atomic E-state index is 0.0722. The van der Waals surface area contributed by atoms with Gasteiger partial charge in [0, 0.05) is 12.5 Å². The predicted molar refractivity (Wildman–Crippen MR) is 83.9 cm³/mol. The third kappa shape index (κ3) is 3.09. The van der Waals surface area contributed by atoms with Crippen molar-refractivity contribution in [2.45, 2.75) is 32.8 Å². The van der Waals surface area contributed by atoms with Crippen molar-refractivity contribution in [2.75, 3.05) is 6.54 Å². The first-order valence-electron chi connectivity index (χ1n) is 7.04. The van der Waals surface area contributed by atoms with Crippen LogP contribution in [0.5, 0.6) is 0 Å². The fourth-order valence-corrected chi connectivity index (χ4v) is 2.64. The summed E-state index contributed by atoms with van der Waals surface area (Å²) in [5.74, 6) is -0.0722. The number of benzene rings is 2. The molecule has 0 fully saturated rings. The van der Waals surface area contributed by atoms with Crippen LogP contribution in [0, 0.1) is 20.8 Å². The van der Waals surface area contributed by atoms with Gasteiger partial charge in [0.05, 0.1) is 6.10 Å². The molecular formula is C18H23NO. The van der Waals surface area contributed by atoms with Crippen LogP contribution in [0.15, 0.2) is 42.5 Å². The Bertz CT molecular complexity index is 574. The van der Waals surface area contributed by atoms with Gasteiger partial charge in [0.2, 0.25) is 0 Å². The Hall–Kier alpha value is -1.64. The van der Waals surface area contributed by atoms with E-state index in [4.69, 9.17) is 5.73 Å². The van der Waals surface area contributed by atoms with Crippen LogP contribution >= 0.6 is 0 Å². The molecule has 0 spiro atoms. The van der Waals surface area contributed by atoms with E-state index < -0.39 is 6.10 Å². The molecule has 2 nitrogen and oxygen atoms in total. The Labute approximate surface area is 121 Å². The molecule has 106 valence electrons. The molecule has 0 aromatic heterocycles. The van der Waals surface area contributed by atoms with Gasteiger partial charge < -0.3 is 10.8 Å². The molecule has 20 heavy (non-hydrogen) atoms. The Morgan fingerprint density at radius 1 is 0.950 bits per heavy atom. The highest BCUT2D eigenvalue weighted by Gasteiger charge is 2.22. The molecule has 0 saturated carbocycles. The lowest BCUT2D eigenvalue weighted by Crippen LogP contribution is -2.20. The predicted octanol–water partition coefficient (Wildman–Crippen LogP) is 3.39. The van der Waals surface area contributed by atoms with Crippen molar-refractivity contribution >= 4 is 0 Å². The zero-order valence-electron chi connectivity index (χ0n) is 12.4. The molecule has 2 unspecified atom stereocenters. The number of aliphatic hydroxyl groups excluding tert-OH is 1. The lowest BCUT2D eigenvalue weighted by molar-refractivity contribution is 0.147. The highest BCUT2D eigenvalue weighted by molar-refractivity contribution is 5.35. The quantitative estimate of drug-likeness (QED) is 0.893. The molecule has 2 rings (SSSR count). The molecule has 0 saturated heterocycles. The summed E-state index contributed by atoms with van der Waals surface area (Å²) >= 11 is 0. The molecule has 0 aliphatic carbocycles. The van der Waals surface area contributed by atoms with Gasteiger partial charge in [0.1, 0.15) is 0 Å². The summed E-state index contributed by atoms with van der Waals surface area (Å²) in [7, 11) is 0. The number of hydrogen-bond acceptors (Lipinski definition) is 2. The largest absolute Gasteiger partial charge is 0.388 e. The molecule has 2 heteroatoms. The Morgan fingerprint density at radius 3 is 2.10 bits per heavy atom. The lowest BCUT2D eigenvalue weighted by Gasteiger charge is -2.24. The average molecular weight is 269 g/mol. The summed E-state index contributed by atoms with van der Waals surface area (Å²) in [4.78, 5) is 0. The van der Waals surface area contributed by atoms with E-state index in [1.807, 2.05) is 19.1 Å². The Balaban J connectivity index is 2.33. The van der Waals surface area contributed by atoms with Crippen LogP contribution in [-0.2, 0) is 0 Å². The van der Waals surface area contributed by atoms with Crippen molar-refractivity contribution < 1.29 is 5.11 Å². The highest BCUT2D eigenvalue weighted by Crippen LogP contribution is 2.32. The second-order valence-electron chi connectivity index (χ2n) is 5.56. The van der Waals surface area contributed by atoms with E-state index in [-0.39, 0.29) is 5.92 Å². The van der Waals surface area contributed by atoms with Crippen LogP contribution in [0.2, 0.25) is 0 Å². The number of nitrogens with two attached hydrogens (primary N) is 1. The zero-order chi connectivity index (χ0) is 14.7. The smallest absolute Gasteiger partial charge is 0.0873 e. The van der Waals surface area contributed by atoms with E-state index in [0.29, 0.717) is 6.54 Å². The van der Waals surface area contributed by atoms with Crippen molar-refractivity contribution in [3.63, 3.8) is 0 Å². The van der Waals surface area contributed by atoms with Gasteiger partial charge in [0.15, 0.2) is 0 Å². The fraction of sp³-hybridized carbons (Fsp3) is 0.333. The van der Waals surface area contributed by atoms with Crippen LogP contribution in [-0.4, -0.2) is 11.7 Å². The minimum atomic E-state index is -0.566. The van der Waals surface area contributed by atoms with E-state index >= 15 is 0 Å². The van der Waals surface area contributed by atoms with E-state index in [1.165, 1.54) is 11.1 Å². The summed E-state index contributed by atoms with van der Waals surface area (Å²) in [6.07, 6.45) is -0.566. The molecule has 2 aromatic carbocycles. The number of hydrogen-bond donors (Lipinski definition) is 2. The molecule has 0 radical (unpaired) electrons. The van der Waals surface area contributed by atoms with E-state index in [1.54, 1.807) is 0 Å². The summed E-state index contributed by atoms with van der Waals surface area (Å²) in [5.41, 5.74) is 11.5. The molecule has 0 amide bonds. The van der Waals surface area contributed by atoms with Crippen LogP contribution in [0.3, 0.4) is 0 Å². The van der Waals surface area contributed by atoms with Gasteiger partial charge in [-0.15, -0.1) is 0 Å². The normalized spacial score (nSPS) is 14.1. The third-order valence-corrected chi connectivity index (χ3v) is 3.88. The van der Waals surface area contributed by atoms with Gasteiger partial charge in [-0.25, -0.2) is 0 Å². The van der Waals surface area contributed by atoms with Crippen molar-refractivity contribution in [3.8, 4) is 0 Å². The zero-order valence-corrected chi connectivity index (χ0v) is 12.4. The van der Waals surface area contributed by atoms with Crippen LogP contribution < -0.4 is 5.73 Å². The van der Waals surface area contributed by atoms with Crippen molar-refractivity contribution in [1.82, 2.24) is 0 Å². The summed E-state index contributed by atoms with van der Waals surface area (Å²) in [5, 5.41) is 10.7. The first-order chi connectivity index (χ1) is 9.52. The highest BCUT2D eigenvalue weighted by atomic mass is 16.3. The monoisotopic (exact) mass is 269 g/mol. The maximum absolute atomic E-state index is 10.7. The third-order valence-electron chi connectivity index (χ3n) is 3.88. The van der Waals surface area contributed by atoms with Crippen molar-refractivity contribution in [3.05, 3.63) is 70.3 Å². The Morgan fingerprint density at radius 2 is 1.55 bits per heavy atom. The molecule has 2 aromatic rings. The minimum Gasteiger partial charge on any atom is -0.388 e. The second-order valence-corrected chi connectivity index (χ2v) is 5.56. The first-order valence-corrected chi connectivity index (χ1v) is 7.04. The van der Waals surface area contributed by atoms with Crippen LogP contribution in [0.4, 0.5) is 0 Å². The van der Waals surface area contributed by atoms with Crippen LogP contribution in [0.25, 0.3) is 0 Å². The number of aliphatic hydroxyl groups is 1.